The van der Waals surface area contributed by atoms with Gasteiger partial charge in [-0.1, -0.05) is 12.1 Å². The van der Waals surface area contributed by atoms with Gasteiger partial charge < -0.3 is 19.5 Å². The van der Waals surface area contributed by atoms with Crippen molar-refractivity contribution in [3.8, 4) is 0 Å². The number of amides is 1. The number of para-hydroxylation sites is 2. The average molecular weight is 372 g/mol. The lowest BCUT2D eigenvalue weighted by Gasteiger charge is -2.27. The van der Waals surface area contributed by atoms with Crippen molar-refractivity contribution in [1.29, 1.82) is 0 Å². The highest BCUT2D eigenvalue weighted by molar-refractivity contribution is 5.82. The van der Waals surface area contributed by atoms with Gasteiger partial charge >= 0.3 is 5.97 Å². The molecule has 1 aliphatic rings. The number of aromatic nitrogens is 2. The molecule has 1 saturated heterocycles. The highest BCUT2D eigenvalue weighted by Crippen LogP contribution is 2.18. The second kappa shape index (κ2) is 8.66. The van der Waals surface area contributed by atoms with Gasteiger partial charge in [0.1, 0.15) is 6.54 Å². The van der Waals surface area contributed by atoms with Gasteiger partial charge in [0.2, 0.25) is 5.91 Å². The van der Waals surface area contributed by atoms with Crippen molar-refractivity contribution in [2.45, 2.75) is 32.2 Å². The molecule has 0 aliphatic carbocycles. The molecule has 27 heavy (non-hydrogen) atoms. The quantitative estimate of drug-likeness (QED) is 0.763. The highest BCUT2D eigenvalue weighted by Gasteiger charge is 2.19. The number of nitrogens with one attached hydrogen (secondary N) is 1. The lowest BCUT2D eigenvalue weighted by molar-refractivity contribution is -0.141. The molecule has 144 valence electrons. The zero-order chi connectivity index (χ0) is 19.2. The van der Waals surface area contributed by atoms with Gasteiger partial charge in [0, 0.05) is 26.1 Å². The number of fused-ring (bicyclic) bond motifs is 1. The summed E-state index contributed by atoms with van der Waals surface area (Å²) in [6.45, 7) is 1.68. The minimum absolute atomic E-state index is 0.0876. The maximum Gasteiger partial charge on any atom is 0.325 e. The van der Waals surface area contributed by atoms with Crippen LogP contribution in [0, 0.1) is 0 Å². The van der Waals surface area contributed by atoms with Crippen LogP contribution in [-0.2, 0) is 20.9 Å². The van der Waals surface area contributed by atoms with Crippen LogP contribution >= 0.6 is 0 Å². The van der Waals surface area contributed by atoms with Gasteiger partial charge in [-0.2, -0.15) is 0 Å². The third-order valence-electron chi connectivity index (χ3n) is 4.71. The Morgan fingerprint density at radius 3 is 2.67 bits per heavy atom. The molecule has 0 spiro atoms. The maximum absolute atomic E-state index is 13.1. The number of piperidine rings is 1. The molecule has 1 amide bonds. The SMILES string of the molecule is COC(=O)CNC(=O)CCn1c(=O)c(N2CCCCC2)nc2ccccc21. The summed E-state index contributed by atoms with van der Waals surface area (Å²) in [4.78, 5) is 42.8. The number of esters is 1. The summed E-state index contributed by atoms with van der Waals surface area (Å²) in [5.74, 6) is -0.377. The number of nitrogens with zero attached hydrogens (tertiary/aromatic N) is 3. The van der Waals surface area contributed by atoms with Crippen LogP contribution in [0.25, 0.3) is 11.0 Å². The van der Waals surface area contributed by atoms with Crippen molar-refractivity contribution in [3.63, 3.8) is 0 Å². The number of carbonyl (C=O) groups excluding carboxylic acids is 2. The predicted octanol–water partition coefficient (Wildman–Crippen LogP) is 1.07. The van der Waals surface area contributed by atoms with Crippen molar-refractivity contribution in [3.05, 3.63) is 34.6 Å². The molecule has 1 aliphatic heterocycles. The van der Waals surface area contributed by atoms with Gasteiger partial charge in [0.15, 0.2) is 5.82 Å². The van der Waals surface area contributed by atoms with Gasteiger partial charge in [0.05, 0.1) is 18.1 Å². The summed E-state index contributed by atoms with van der Waals surface area (Å²) >= 11 is 0. The third-order valence-corrected chi connectivity index (χ3v) is 4.71. The number of ether oxygens (including phenoxy) is 1. The summed E-state index contributed by atoms with van der Waals surface area (Å²) in [6, 6.07) is 7.43. The van der Waals surface area contributed by atoms with Crippen LogP contribution in [0.1, 0.15) is 25.7 Å². The van der Waals surface area contributed by atoms with E-state index in [9.17, 15) is 14.4 Å². The van der Waals surface area contributed by atoms with E-state index in [0.717, 1.165) is 31.4 Å². The van der Waals surface area contributed by atoms with Crippen LogP contribution in [0.3, 0.4) is 0 Å². The zero-order valence-corrected chi connectivity index (χ0v) is 15.4. The molecule has 2 heterocycles. The number of hydrogen-bond donors (Lipinski definition) is 1. The summed E-state index contributed by atoms with van der Waals surface area (Å²) in [5, 5.41) is 2.49. The Kier molecular flexibility index (Phi) is 6.05. The second-order valence-corrected chi connectivity index (χ2v) is 6.53. The van der Waals surface area contributed by atoms with Crippen LogP contribution in [0.4, 0.5) is 5.82 Å². The first-order chi connectivity index (χ1) is 13.1. The van der Waals surface area contributed by atoms with Crippen LogP contribution in [0.15, 0.2) is 29.1 Å². The molecular formula is C19H24N4O4. The molecule has 0 bridgehead atoms. The average Bonchev–Trinajstić information content (AvgIpc) is 2.71. The van der Waals surface area contributed by atoms with Crippen LogP contribution < -0.4 is 15.8 Å². The lowest BCUT2D eigenvalue weighted by Crippen LogP contribution is -2.38. The van der Waals surface area contributed by atoms with Crippen LogP contribution in [0.2, 0.25) is 0 Å². The first kappa shape index (κ1) is 18.9. The molecule has 1 fully saturated rings. The molecule has 0 unspecified atom stereocenters. The fourth-order valence-electron chi connectivity index (χ4n) is 3.26. The van der Waals surface area contributed by atoms with E-state index in [1.165, 1.54) is 13.5 Å². The molecule has 0 saturated carbocycles. The van der Waals surface area contributed by atoms with E-state index in [4.69, 9.17) is 0 Å². The van der Waals surface area contributed by atoms with E-state index < -0.39 is 5.97 Å². The molecule has 3 rings (SSSR count). The fraction of sp³-hybridized carbons (Fsp3) is 0.474. The highest BCUT2D eigenvalue weighted by atomic mass is 16.5. The Balaban J connectivity index is 1.84. The Hall–Kier alpha value is -2.90. The summed E-state index contributed by atoms with van der Waals surface area (Å²) in [5.41, 5.74) is 1.24. The Bertz CT molecular complexity index is 887. The molecule has 8 heteroatoms. The van der Waals surface area contributed by atoms with E-state index >= 15 is 0 Å². The normalized spacial score (nSPS) is 14.2. The van der Waals surface area contributed by atoms with E-state index in [0.29, 0.717) is 11.3 Å². The monoisotopic (exact) mass is 372 g/mol. The third kappa shape index (κ3) is 4.45. The number of rotatable bonds is 6. The molecule has 8 nitrogen and oxygen atoms in total. The summed E-state index contributed by atoms with van der Waals surface area (Å²) < 4.78 is 6.10. The largest absolute Gasteiger partial charge is 0.468 e. The molecule has 0 atom stereocenters. The first-order valence-electron chi connectivity index (χ1n) is 9.18. The fourth-order valence-corrected chi connectivity index (χ4v) is 3.26. The number of aryl methyl sites for hydroxylation is 1. The molecular weight excluding hydrogens is 348 g/mol. The maximum atomic E-state index is 13.1. The van der Waals surface area contributed by atoms with Crippen molar-refractivity contribution in [2.24, 2.45) is 0 Å². The van der Waals surface area contributed by atoms with E-state index in [1.807, 2.05) is 29.2 Å². The van der Waals surface area contributed by atoms with Crippen LogP contribution in [-0.4, -0.2) is 48.2 Å². The predicted molar refractivity (Wildman–Crippen MR) is 102 cm³/mol. The van der Waals surface area contributed by atoms with Crippen LogP contribution in [0.5, 0.6) is 0 Å². The summed E-state index contributed by atoms with van der Waals surface area (Å²) in [7, 11) is 1.26. The first-order valence-corrected chi connectivity index (χ1v) is 9.18. The van der Waals surface area contributed by atoms with Gasteiger partial charge in [0.25, 0.3) is 5.56 Å². The van der Waals surface area contributed by atoms with Crippen molar-refractivity contribution in [2.75, 3.05) is 31.6 Å². The molecule has 2 aromatic rings. The number of benzene rings is 1. The Morgan fingerprint density at radius 1 is 1.19 bits per heavy atom. The number of hydrogen-bond acceptors (Lipinski definition) is 6. The molecule has 1 aromatic heterocycles. The lowest BCUT2D eigenvalue weighted by atomic mass is 10.1. The van der Waals surface area contributed by atoms with Crippen molar-refractivity contribution in [1.82, 2.24) is 14.9 Å². The van der Waals surface area contributed by atoms with Gasteiger partial charge in [-0.3, -0.25) is 14.4 Å². The van der Waals surface area contributed by atoms with Crippen molar-refractivity contribution < 1.29 is 14.3 Å². The topological polar surface area (TPSA) is 93.5 Å². The standard InChI is InChI=1S/C19H24N4O4/c1-27-17(25)13-20-16(24)9-12-23-15-8-4-3-7-14(15)21-18(19(23)26)22-10-5-2-6-11-22/h3-4,7-8H,2,5-6,9-13H2,1H3,(H,20,24). The van der Waals surface area contributed by atoms with E-state index in [2.05, 4.69) is 15.0 Å². The van der Waals surface area contributed by atoms with E-state index in [-0.39, 0.29) is 31.0 Å². The number of carbonyl (C=O) groups is 2. The minimum atomic E-state index is -0.512. The number of anilines is 1. The van der Waals surface area contributed by atoms with Gasteiger partial charge in [-0.25, -0.2) is 4.98 Å². The number of methoxy groups -OCH3 is 1. The Morgan fingerprint density at radius 2 is 1.93 bits per heavy atom. The van der Waals surface area contributed by atoms with Gasteiger partial charge in [-0.15, -0.1) is 0 Å². The zero-order valence-electron chi connectivity index (χ0n) is 15.4. The molecule has 1 aromatic carbocycles. The van der Waals surface area contributed by atoms with E-state index in [1.54, 1.807) is 4.57 Å². The smallest absolute Gasteiger partial charge is 0.325 e. The second-order valence-electron chi connectivity index (χ2n) is 6.53. The van der Waals surface area contributed by atoms with Crippen molar-refractivity contribution >= 4 is 28.7 Å². The molecule has 0 radical (unpaired) electrons. The Labute approximate surface area is 157 Å². The molecule has 1 N–H and O–H groups in total. The summed E-state index contributed by atoms with van der Waals surface area (Å²) in [6.07, 6.45) is 3.34. The van der Waals surface area contributed by atoms with Gasteiger partial charge in [-0.05, 0) is 31.4 Å². The minimum Gasteiger partial charge on any atom is -0.468 e.